The van der Waals surface area contributed by atoms with E-state index in [4.69, 9.17) is 9.84 Å². The van der Waals surface area contributed by atoms with Crippen LogP contribution in [-0.4, -0.2) is 55.3 Å². The summed E-state index contributed by atoms with van der Waals surface area (Å²) < 4.78 is 5.96. The lowest BCUT2D eigenvalue weighted by molar-refractivity contribution is -0.873. The zero-order valence-corrected chi connectivity index (χ0v) is 19.6. The van der Waals surface area contributed by atoms with Gasteiger partial charge in [-0.25, -0.2) is 0 Å². The Morgan fingerprint density at radius 2 is 1.43 bits per heavy atom. The van der Waals surface area contributed by atoms with Crippen LogP contribution in [0.2, 0.25) is 0 Å². The number of nitrogens with zero attached hydrogens (tertiary/aromatic N) is 1. The highest BCUT2D eigenvalue weighted by Gasteiger charge is 2.24. The number of hydrogen-bond acceptors (Lipinski definition) is 3. The lowest BCUT2D eigenvalue weighted by Crippen LogP contribution is -2.43. The number of unbranched alkanes of at least 4 members (excludes halogenated alkanes) is 7. The van der Waals surface area contributed by atoms with Crippen LogP contribution < -0.4 is 0 Å². The summed E-state index contributed by atoms with van der Waals surface area (Å²) >= 11 is 0. The van der Waals surface area contributed by atoms with Gasteiger partial charge in [-0.1, -0.05) is 69.1 Å². The molecule has 0 aliphatic carbocycles. The molecule has 1 N–H and O–H groups in total. The third-order valence-electron chi connectivity index (χ3n) is 4.53. The average molecular weight is 423 g/mol. The van der Waals surface area contributed by atoms with Crippen molar-refractivity contribution in [3.63, 3.8) is 0 Å². The summed E-state index contributed by atoms with van der Waals surface area (Å²) in [6.07, 6.45) is 22.4. The fourth-order valence-electron chi connectivity index (χ4n) is 3.07. The highest BCUT2D eigenvalue weighted by Crippen LogP contribution is 2.10. The summed E-state index contributed by atoms with van der Waals surface area (Å²) in [6.45, 7) is 2.71. The summed E-state index contributed by atoms with van der Waals surface area (Å²) in [7, 11) is 5.87. The number of esters is 1. The van der Waals surface area contributed by atoms with Gasteiger partial charge in [-0.15, -0.1) is 0 Å². The molecule has 0 aromatic rings. The number of carboxylic acid groups (broad SMARTS) is 1. The molecule has 0 heterocycles. The SMILES string of the molecule is CCCCC/C=C/C=C/C=C/CCCCCCC(=O)OC(CC(=O)O)C[N+](C)(C)C. The van der Waals surface area contributed by atoms with E-state index in [1.807, 2.05) is 21.1 Å². The minimum Gasteiger partial charge on any atom is -0.481 e. The minimum absolute atomic E-state index is 0.142. The van der Waals surface area contributed by atoms with Crippen LogP contribution in [0.3, 0.4) is 0 Å². The molecule has 0 saturated heterocycles. The van der Waals surface area contributed by atoms with Crippen molar-refractivity contribution in [3.8, 4) is 0 Å². The molecule has 0 aromatic heterocycles. The number of ether oxygens (including phenoxy) is 1. The van der Waals surface area contributed by atoms with Gasteiger partial charge >= 0.3 is 11.9 Å². The Labute approximate surface area is 184 Å². The number of carboxylic acids is 1. The van der Waals surface area contributed by atoms with E-state index in [1.165, 1.54) is 19.3 Å². The highest BCUT2D eigenvalue weighted by molar-refractivity contribution is 5.71. The molecule has 0 aromatic carbocycles. The topological polar surface area (TPSA) is 63.6 Å². The Bertz CT molecular complexity index is 544. The maximum Gasteiger partial charge on any atom is 0.307 e. The fourth-order valence-corrected chi connectivity index (χ4v) is 3.07. The van der Waals surface area contributed by atoms with E-state index < -0.39 is 12.1 Å². The first-order valence-corrected chi connectivity index (χ1v) is 11.4. The monoisotopic (exact) mass is 422 g/mol. The second-order valence-corrected chi connectivity index (χ2v) is 8.87. The zero-order chi connectivity index (χ0) is 22.7. The van der Waals surface area contributed by atoms with E-state index in [2.05, 4.69) is 43.4 Å². The van der Waals surface area contributed by atoms with Gasteiger partial charge in [-0.05, 0) is 32.1 Å². The average Bonchev–Trinajstić information content (AvgIpc) is 2.63. The molecule has 0 spiro atoms. The summed E-state index contributed by atoms with van der Waals surface area (Å²) in [6, 6.07) is 0. The predicted octanol–water partition coefficient (Wildman–Crippen LogP) is 5.67. The Morgan fingerprint density at radius 1 is 0.867 bits per heavy atom. The van der Waals surface area contributed by atoms with Gasteiger partial charge < -0.3 is 14.3 Å². The Morgan fingerprint density at radius 3 is 1.97 bits per heavy atom. The van der Waals surface area contributed by atoms with Crippen molar-refractivity contribution >= 4 is 11.9 Å². The molecule has 0 fully saturated rings. The van der Waals surface area contributed by atoms with Crippen LogP contribution in [0, 0.1) is 0 Å². The molecule has 5 nitrogen and oxygen atoms in total. The Hall–Kier alpha value is -1.88. The third kappa shape index (κ3) is 20.8. The van der Waals surface area contributed by atoms with E-state index in [1.54, 1.807) is 0 Å². The van der Waals surface area contributed by atoms with Crippen molar-refractivity contribution in [1.82, 2.24) is 0 Å². The molecule has 1 unspecified atom stereocenters. The molecular formula is C25H44NO4+. The maximum atomic E-state index is 12.0. The van der Waals surface area contributed by atoms with Gasteiger partial charge in [0.2, 0.25) is 0 Å². The molecule has 0 aliphatic rings. The molecule has 5 heteroatoms. The van der Waals surface area contributed by atoms with Crippen LogP contribution in [-0.2, 0) is 14.3 Å². The van der Waals surface area contributed by atoms with Gasteiger partial charge in [0.05, 0.1) is 27.6 Å². The molecule has 0 bridgehead atoms. The summed E-state index contributed by atoms with van der Waals surface area (Å²) in [5.74, 6) is -1.23. The van der Waals surface area contributed by atoms with Crippen molar-refractivity contribution in [2.45, 2.75) is 83.7 Å². The smallest absolute Gasteiger partial charge is 0.307 e. The highest BCUT2D eigenvalue weighted by atomic mass is 16.5. The molecule has 1 atom stereocenters. The van der Waals surface area contributed by atoms with Gasteiger partial charge in [0, 0.05) is 6.42 Å². The van der Waals surface area contributed by atoms with Crippen LogP contribution in [0.25, 0.3) is 0 Å². The van der Waals surface area contributed by atoms with Crippen molar-refractivity contribution in [3.05, 3.63) is 36.5 Å². The van der Waals surface area contributed by atoms with Crippen LogP contribution in [0.5, 0.6) is 0 Å². The van der Waals surface area contributed by atoms with Crippen LogP contribution in [0.4, 0.5) is 0 Å². The van der Waals surface area contributed by atoms with E-state index in [0.717, 1.165) is 38.5 Å². The van der Waals surface area contributed by atoms with Gasteiger partial charge in [0.25, 0.3) is 0 Å². The molecule has 0 aliphatic heterocycles. The van der Waals surface area contributed by atoms with Crippen molar-refractivity contribution in [1.29, 1.82) is 0 Å². The van der Waals surface area contributed by atoms with Crippen molar-refractivity contribution in [2.24, 2.45) is 0 Å². The predicted molar refractivity (Wildman–Crippen MR) is 124 cm³/mol. The van der Waals surface area contributed by atoms with Gasteiger partial charge in [-0.3, -0.25) is 9.59 Å². The zero-order valence-electron chi connectivity index (χ0n) is 19.6. The number of carbonyl (C=O) groups is 2. The standard InChI is InChI=1S/C25H43NO4/c1-5-6-7-8-9-10-11-12-13-14-15-16-17-18-19-20-25(29)30-23(21-24(27)28)22-26(2,3)4/h9-14,23H,5-8,15-22H2,1-4H3/p+1/b10-9+,12-11+,14-13+. The number of carbonyl (C=O) groups excluding carboxylic acids is 1. The second-order valence-electron chi connectivity index (χ2n) is 8.87. The van der Waals surface area contributed by atoms with Gasteiger partial charge in [0.1, 0.15) is 6.54 Å². The molecule has 172 valence electrons. The van der Waals surface area contributed by atoms with Gasteiger partial charge in [-0.2, -0.15) is 0 Å². The number of rotatable bonds is 18. The van der Waals surface area contributed by atoms with Crippen molar-refractivity contribution < 1.29 is 23.9 Å². The van der Waals surface area contributed by atoms with E-state index in [-0.39, 0.29) is 12.4 Å². The Kier molecular flexibility index (Phi) is 16.8. The molecule has 0 saturated carbocycles. The molecule has 0 radical (unpaired) electrons. The quantitative estimate of drug-likeness (QED) is 0.134. The minimum atomic E-state index is -0.938. The maximum absolute atomic E-state index is 12.0. The second kappa shape index (κ2) is 17.9. The number of hydrogen-bond donors (Lipinski definition) is 1. The van der Waals surface area contributed by atoms with Crippen LogP contribution in [0.1, 0.15) is 77.6 Å². The van der Waals surface area contributed by atoms with Crippen LogP contribution in [0.15, 0.2) is 36.5 Å². The number of allylic oxidation sites excluding steroid dienone is 6. The van der Waals surface area contributed by atoms with E-state index >= 15 is 0 Å². The molecular weight excluding hydrogens is 378 g/mol. The fraction of sp³-hybridized carbons (Fsp3) is 0.680. The van der Waals surface area contributed by atoms with Gasteiger partial charge in [0.15, 0.2) is 6.10 Å². The summed E-state index contributed by atoms with van der Waals surface area (Å²) in [5.41, 5.74) is 0. The number of quaternary nitrogens is 1. The van der Waals surface area contributed by atoms with Crippen molar-refractivity contribution in [2.75, 3.05) is 27.7 Å². The summed E-state index contributed by atoms with van der Waals surface area (Å²) in [4.78, 5) is 23.0. The number of likely N-dealkylation sites (N-methyl/N-ethyl adjacent to an activating group) is 1. The normalized spacial score (nSPS) is 13.5. The lowest BCUT2D eigenvalue weighted by Gasteiger charge is -2.28. The van der Waals surface area contributed by atoms with Crippen LogP contribution >= 0.6 is 0 Å². The summed E-state index contributed by atoms with van der Waals surface area (Å²) in [5, 5.41) is 9.00. The third-order valence-corrected chi connectivity index (χ3v) is 4.53. The molecule has 0 amide bonds. The lowest BCUT2D eigenvalue weighted by atomic mass is 10.1. The van der Waals surface area contributed by atoms with E-state index in [0.29, 0.717) is 17.4 Å². The first-order valence-electron chi connectivity index (χ1n) is 11.4. The molecule has 0 rings (SSSR count). The largest absolute Gasteiger partial charge is 0.481 e. The Balaban J connectivity index is 3.81. The first kappa shape index (κ1) is 28.1. The van der Waals surface area contributed by atoms with E-state index in [9.17, 15) is 9.59 Å². The number of aliphatic carboxylic acids is 1. The molecule has 30 heavy (non-hydrogen) atoms. The first-order chi connectivity index (χ1) is 14.2.